The van der Waals surface area contributed by atoms with Gasteiger partial charge in [0.2, 0.25) is 0 Å². The SMILES string of the molecule is CC1=Cc2c(cccc2-n2ccc3ccccc32)[CH]1[Zr+2][C]1=C(C)C=CC1.[Cl-].[Cl-]. The van der Waals surface area contributed by atoms with Crippen LogP contribution < -0.4 is 24.8 Å². The zero-order valence-electron chi connectivity index (χ0n) is 15.9. The first-order valence-electron chi connectivity index (χ1n) is 9.23. The van der Waals surface area contributed by atoms with Crippen LogP contribution in [0.2, 0.25) is 0 Å². The quantitative estimate of drug-likeness (QED) is 0.507. The summed E-state index contributed by atoms with van der Waals surface area (Å²) in [6.45, 7) is 4.62. The van der Waals surface area contributed by atoms with Crippen molar-refractivity contribution >= 4 is 17.0 Å². The molecule has 5 rings (SSSR count). The molecule has 2 aromatic carbocycles. The molecule has 140 valence electrons. The van der Waals surface area contributed by atoms with Gasteiger partial charge in [-0.1, -0.05) is 0 Å². The van der Waals surface area contributed by atoms with E-state index in [0.29, 0.717) is 3.63 Å². The fraction of sp³-hybridized carbons (Fsp3) is 0.167. The van der Waals surface area contributed by atoms with Gasteiger partial charge in [0.1, 0.15) is 0 Å². The van der Waals surface area contributed by atoms with Gasteiger partial charge in [-0.2, -0.15) is 0 Å². The summed E-state index contributed by atoms with van der Waals surface area (Å²) in [6, 6.07) is 17.7. The van der Waals surface area contributed by atoms with E-state index >= 15 is 0 Å². The molecule has 0 radical (unpaired) electrons. The van der Waals surface area contributed by atoms with E-state index in [9.17, 15) is 0 Å². The third-order valence-electron chi connectivity index (χ3n) is 5.60. The fourth-order valence-electron chi connectivity index (χ4n) is 4.19. The third kappa shape index (κ3) is 3.52. The Hall–Kier alpha value is -1.34. The number of hydrogen-bond acceptors (Lipinski definition) is 0. The molecule has 0 bridgehead atoms. The molecule has 0 fully saturated rings. The van der Waals surface area contributed by atoms with Gasteiger partial charge in [-0.3, -0.25) is 0 Å². The molecule has 0 N–H and O–H groups in total. The van der Waals surface area contributed by atoms with Crippen LogP contribution in [0, 0.1) is 0 Å². The molecule has 28 heavy (non-hydrogen) atoms. The molecule has 1 nitrogen and oxygen atoms in total. The maximum Gasteiger partial charge on any atom is -1.00 e. The van der Waals surface area contributed by atoms with E-state index in [2.05, 4.69) is 91.4 Å². The summed E-state index contributed by atoms with van der Waals surface area (Å²) in [5.74, 6) is 0. The first kappa shape index (κ1) is 21.4. The van der Waals surface area contributed by atoms with E-state index in [0.717, 1.165) is 0 Å². The zero-order valence-corrected chi connectivity index (χ0v) is 19.9. The van der Waals surface area contributed by atoms with Crippen molar-refractivity contribution in [2.45, 2.75) is 23.9 Å². The standard InChI is InChI=1S/C18H14N.C6H7.2ClH.Zr/c1-13-11-15-6-4-8-18(16(15)12-13)19-10-9-14-5-2-3-7-17(14)19;1-6-4-2-3-5-6;;;/h2-12H,1H3;2,4H,3H2,1H3;2*1H;/q;;;;+2/p-2. The van der Waals surface area contributed by atoms with Gasteiger partial charge in [0.05, 0.1) is 0 Å². The van der Waals surface area contributed by atoms with Crippen LogP contribution in [0.3, 0.4) is 0 Å². The second-order valence-corrected chi connectivity index (χ2v) is 10.9. The monoisotopic (exact) mass is 483 g/mol. The summed E-state index contributed by atoms with van der Waals surface area (Å²) in [4.78, 5) is 0. The topological polar surface area (TPSA) is 4.93 Å². The van der Waals surface area contributed by atoms with E-state index in [1.54, 1.807) is 14.4 Å². The third-order valence-corrected chi connectivity index (χ3v) is 10.5. The van der Waals surface area contributed by atoms with Crippen molar-refractivity contribution in [3.05, 3.63) is 92.4 Å². The number of para-hydroxylation sites is 1. The molecule has 0 amide bonds. The number of hydrogen-bond donors (Lipinski definition) is 0. The molecule has 4 heteroatoms. The molecule has 1 heterocycles. The molecule has 0 aliphatic heterocycles. The Morgan fingerprint density at radius 1 is 0.964 bits per heavy atom. The minimum absolute atomic E-state index is 0. The van der Waals surface area contributed by atoms with Gasteiger partial charge in [-0.25, -0.2) is 0 Å². The minimum atomic E-state index is -0.652. The molecular weight excluding hydrogens is 464 g/mol. The number of benzene rings is 2. The summed E-state index contributed by atoms with van der Waals surface area (Å²) in [5, 5.41) is 1.30. The molecule has 0 saturated carbocycles. The van der Waals surface area contributed by atoms with Gasteiger partial charge in [0.15, 0.2) is 0 Å². The van der Waals surface area contributed by atoms with Gasteiger partial charge in [0, 0.05) is 0 Å². The Labute approximate surface area is 190 Å². The number of nitrogens with zero attached hydrogens (tertiary/aromatic N) is 1. The number of allylic oxidation sites excluding steroid dienone is 5. The zero-order chi connectivity index (χ0) is 17.7. The van der Waals surface area contributed by atoms with E-state index in [4.69, 9.17) is 0 Å². The number of fused-ring (bicyclic) bond motifs is 2. The molecule has 1 aromatic heterocycles. The first-order valence-corrected chi connectivity index (χ1v) is 11.9. The van der Waals surface area contributed by atoms with Gasteiger partial charge < -0.3 is 24.8 Å². The molecule has 1 unspecified atom stereocenters. The largest absolute Gasteiger partial charge is 1.00 e. The Bertz CT molecular complexity index is 1120. The van der Waals surface area contributed by atoms with Crippen LogP contribution >= 0.6 is 0 Å². The maximum absolute atomic E-state index is 2.45. The Kier molecular flexibility index (Phi) is 6.55. The van der Waals surface area contributed by atoms with Gasteiger partial charge in [0.25, 0.3) is 0 Å². The van der Waals surface area contributed by atoms with Crippen molar-refractivity contribution in [3.63, 3.8) is 0 Å². The summed E-state index contributed by atoms with van der Waals surface area (Å²) >= 11 is -0.652. The predicted octanol–water partition coefficient (Wildman–Crippen LogP) is 0.413. The van der Waals surface area contributed by atoms with E-state index in [-0.39, 0.29) is 24.8 Å². The number of halogens is 2. The van der Waals surface area contributed by atoms with Crippen molar-refractivity contribution in [2.24, 2.45) is 0 Å². The average molecular weight is 486 g/mol. The van der Waals surface area contributed by atoms with Gasteiger partial charge in [-0.15, -0.1) is 0 Å². The van der Waals surface area contributed by atoms with Crippen LogP contribution in [0.15, 0.2) is 81.3 Å². The second kappa shape index (κ2) is 8.58. The average Bonchev–Trinajstić information content (AvgIpc) is 3.34. The van der Waals surface area contributed by atoms with Crippen LogP contribution in [-0.2, 0) is 23.2 Å². The molecule has 2 aliphatic carbocycles. The summed E-state index contributed by atoms with van der Waals surface area (Å²) in [7, 11) is 0. The van der Waals surface area contributed by atoms with E-state index in [1.807, 2.05) is 0 Å². The molecule has 1 atom stereocenters. The van der Waals surface area contributed by atoms with Crippen LogP contribution in [0.5, 0.6) is 0 Å². The van der Waals surface area contributed by atoms with Crippen LogP contribution in [0.4, 0.5) is 0 Å². The minimum Gasteiger partial charge on any atom is -1.00 e. The Morgan fingerprint density at radius 2 is 1.79 bits per heavy atom. The summed E-state index contributed by atoms with van der Waals surface area (Å²) in [5.41, 5.74) is 8.68. The summed E-state index contributed by atoms with van der Waals surface area (Å²) < 4.78 is 4.80. The number of aromatic nitrogens is 1. The van der Waals surface area contributed by atoms with E-state index < -0.39 is 23.2 Å². The van der Waals surface area contributed by atoms with Crippen LogP contribution in [-0.4, -0.2) is 4.57 Å². The van der Waals surface area contributed by atoms with Gasteiger partial charge in [-0.05, 0) is 0 Å². The normalized spacial score (nSPS) is 17.1. The first-order chi connectivity index (χ1) is 12.7. The van der Waals surface area contributed by atoms with Crippen LogP contribution in [0.25, 0.3) is 22.7 Å². The second-order valence-electron chi connectivity index (χ2n) is 7.26. The Morgan fingerprint density at radius 3 is 2.57 bits per heavy atom. The predicted molar refractivity (Wildman–Crippen MR) is 106 cm³/mol. The van der Waals surface area contributed by atoms with Crippen molar-refractivity contribution in [3.8, 4) is 5.69 Å². The van der Waals surface area contributed by atoms with Crippen molar-refractivity contribution in [2.75, 3.05) is 0 Å². The van der Waals surface area contributed by atoms with Crippen LogP contribution in [0.1, 0.15) is 35.0 Å². The summed E-state index contributed by atoms with van der Waals surface area (Å²) in [6.07, 6.45) is 10.5. The Balaban J connectivity index is 0.00000112. The smallest absolute Gasteiger partial charge is 1.00 e. The van der Waals surface area contributed by atoms with Crippen molar-refractivity contribution in [1.82, 2.24) is 4.57 Å². The maximum atomic E-state index is 2.45. The number of rotatable bonds is 3. The molecule has 3 aromatic rings. The molecule has 0 saturated heterocycles. The van der Waals surface area contributed by atoms with Crippen molar-refractivity contribution in [1.29, 1.82) is 0 Å². The molecule has 0 spiro atoms. The van der Waals surface area contributed by atoms with E-state index in [1.165, 1.54) is 34.1 Å². The molecule has 2 aliphatic rings. The molecular formula is C24H21Cl2NZr. The van der Waals surface area contributed by atoms with Gasteiger partial charge >= 0.3 is 167 Å². The fourth-order valence-corrected chi connectivity index (χ4v) is 8.16. The van der Waals surface area contributed by atoms with Crippen molar-refractivity contribution < 1.29 is 48.0 Å².